The first-order valence-corrected chi connectivity index (χ1v) is 13.3. The van der Waals surface area contributed by atoms with Crippen LogP contribution in [0.2, 0.25) is 0 Å². The molecular weight excluding hydrogens is 501 g/mol. The van der Waals surface area contributed by atoms with Crippen LogP contribution in [0.4, 0.5) is 10.1 Å². The second-order valence-corrected chi connectivity index (χ2v) is 10.1. The Balaban J connectivity index is 1.55. The molecule has 0 radical (unpaired) electrons. The zero-order chi connectivity index (χ0) is 28.2. The van der Waals surface area contributed by atoms with Gasteiger partial charge in [0.2, 0.25) is 5.91 Å². The number of para-hydroxylation sites is 1. The topological polar surface area (TPSA) is 73.7 Å². The zero-order valence-corrected chi connectivity index (χ0v) is 22.6. The van der Waals surface area contributed by atoms with E-state index in [4.69, 9.17) is 4.99 Å². The fourth-order valence-corrected chi connectivity index (χ4v) is 5.12. The molecule has 1 unspecified atom stereocenters. The number of fused-ring (bicyclic) bond motifs is 1. The Bertz CT molecular complexity index is 1560. The number of anilines is 1. The lowest BCUT2D eigenvalue weighted by Crippen LogP contribution is -2.41. The van der Waals surface area contributed by atoms with Crippen molar-refractivity contribution >= 4 is 17.3 Å². The number of halogens is 1. The fourth-order valence-electron chi connectivity index (χ4n) is 5.12. The highest BCUT2D eigenvalue weighted by molar-refractivity contribution is 6.16. The van der Waals surface area contributed by atoms with Crippen LogP contribution in [0.25, 0.3) is 0 Å². The first kappa shape index (κ1) is 27.0. The highest BCUT2D eigenvalue weighted by Gasteiger charge is 2.33. The van der Waals surface area contributed by atoms with Crippen molar-refractivity contribution in [2.75, 3.05) is 11.9 Å². The average Bonchev–Trinajstić information content (AvgIpc) is 3.10. The third-order valence-corrected chi connectivity index (χ3v) is 7.46. The maximum absolute atomic E-state index is 14.1. The van der Waals surface area contributed by atoms with Crippen molar-refractivity contribution in [1.82, 2.24) is 5.32 Å². The molecule has 4 aromatic carbocycles. The molecule has 5 rings (SSSR count). The summed E-state index contributed by atoms with van der Waals surface area (Å²) in [6.07, 6.45) is -0.794. The van der Waals surface area contributed by atoms with Gasteiger partial charge in [0.1, 0.15) is 5.82 Å². The average molecular weight is 534 g/mol. The summed E-state index contributed by atoms with van der Waals surface area (Å²) in [4.78, 5) is 19.1. The van der Waals surface area contributed by atoms with Crippen molar-refractivity contribution in [2.45, 2.75) is 31.8 Å². The number of aliphatic hydroxyl groups excluding tert-OH is 1. The summed E-state index contributed by atoms with van der Waals surface area (Å²) in [6.45, 7) is 7.93. The van der Waals surface area contributed by atoms with Crippen molar-refractivity contribution in [3.05, 3.63) is 149 Å². The lowest BCUT2D eigenvalue weighted by molar-refractivity contribution is -0.123. The Hall–Kier alpha value is -4.55. The molecular formula is C34H32FN3O2. The lowest BCUT2D eigenvalue weighted by atomic mass is 9.80. The van der Waals surface area contributed by atoms with E-state index in [-0.39, 0.29) is 12.5 Å². The number of aryl methyl sites for hydroxylation is 2. The molecule has 1 heterocycles. The summed E-state index contributed by atoms with van der Waals surface area (Å²) in [5.74, 6) is -2.11. The van der Waals surface area contributed by atoms with Crippen LogP contribution in [0.1, 0.15) is 45.2 Å². The van der Waals surface area contributed by atoms with Crippen molar-refractivity contribution < 1.29 is 14.3 Å². The van der Waals surface area contributed by atoms with E-state index in [9.17, 15) is 14.3 Å². The second kappa shape index (κ2) is 11.7. The third-order valence-electron chi connectivity index (χ3n) is 7.46. The predicted molar refractivity (Wildman–Crippen MR) is 158 cm³/mol. The van der Waals surface area contributed by atoms with Gasteiger partial charge in [0, 0.05) is 22.7 Å². The van der Waals surface area contributed by atoms with Gasteiger partial charge >= 0.3 is 0 Å². The van der Waals surface area contributed by atoms with Gasteiger partial charge in [-0.3, -0.25) is 9.79 Å². The summed E-state index contributed by atoms with van der Waals surface area (Å²) in [5.41, 5.74) is 7.47. The number of aliphatic imine (C=N–C) groups is 1. The molecule has 3 atom stereocenters. The van der Waals surface area contributed by atoms with Gasteiger partial charge in [-0.1, -0.05) is 85.4 Å². The number of hydrogen-bond acceptors (Lipinski definition) is 4. The maximum Gasteiger partial charge on any atom is 0.230 e. The zero-order valence-electron chi connectivity index (χ0n) is 22.6. The van der Waals surface area contributed by atoms with Crippen molar-refractivity contribution in [2.24, 2.45) is 4.99 Å². The number of benzodiazepines with no additional fused rings is 1. The summed E-state index contributed by atoms with van der Waals surface area (Å²) in [5, 5.41) is 17.0. The van der Waals surface area contributed by atoms with E-state index < -0.39 is 23.8 Å². The first-order chi connectivity index (χ1) is 19.4. The van der Waals surface area contributed by atoms with E-state index in [0.717, 1.165) is 39.2 Å². The van der Waals surface area contributed by atoms with Crippen LogP contribution >= 0.6 is 0 Å². The number of hydrogen-bond donors (Lipinski definition) is 3. The number of nitrogens with one attached hydrogen (secondary N) is 2. The van der Waals surface area contributed by atoms with E-state index in [1.807, 2.05) is 86.6 Å². The smallest absolute Gasteiger partial charge is 0.230 e. The molecule has 0 aromatic heterocycles. The second-order valence-electron chi connectivity index (χ2n) is 10.1. The van der Waals surface area contributed by atoms with Crippen molar-refractivity contribution in [1.29, 1.82) is 0 Å². The molecule has 3 N–H and O–H groups in total. The minimum absolute atomic E-state index is 0.272. The molecule has 4 aromatic rings. The Labute approximate surface area is 234 Å². The third kappa shape index (κ3) is 5.58. The molecule has 202 valence electrons. The number of amides is 1. The summed E-state index contributed by atoms with van der Waals surface area (Å²) in [7, 11) is 0. The molecule has 1 amide bonds. The molecule has 0 saturated carbocycles. The molecule has 0 aliphatic carbocycles. The molecule has 1 aliphatic heterocycles. The van der Waals surface area contributed by atoms with Crippen LogP contribution in [-0.2, 0) is 4.79 Å². The minimum Gasteiger partial charge on any atom is -0.396 e. The SMILES string of the molecule is C=C1Nc2ccccc2C(c2ccccc2)=N[C@@H]1NC(=O)C(c1ccc(F)cc1)[C@@H](CO)c1ccc(C)c(C)c1. The van der Waals surface area contributed by atoms with Gasteiger partial charge in [-0.05, 0) is 54.3 Å². The van der Waals surface area contributed by atoms with Crippen LogP contribution in [0.3, 0.4) is 0 Å². The fraction of sp³-hybridized carbons (Fsp3) is 0.176. The Morgan fingerprint density at radius 3 is 2.33 bits per heavy atom. The molecule has 0 spiro atoms. The maximum atomic E-state index is 14.1. The van der Waals surface area contributed by atoms with Crippen molar-refractivity contribution in [3.8, 4) is 0 Å². The van der Waals surface area contributed by atoms with Gasteiger partial charge in [0.15, 0.2) is 6.17 Å². The number of aliphatic hydroxyl groups is 1. The highest BCUT2D eigenvalue weighted by atomic mass is 19.1. The van der Waals surface area contributed by atoms with Crippen LogP contribution in [0, 0.1) is 19.7 Å². The van der Waals surface area contributed by atoms with E-state index in [1.165, 1.54) is 12.1 Å². The number of benzene rings is 4. The van der Waals surface area contributed by atoms with Crippen LogP contribution < -0.4 is 10.6 Å². The Morgan fingerprint density at radius 2 is 1.62 bits per heavy atom. The van der Waals surface area contributed by atoms with Crippen LogP contribution in [0.5, 0.6) is 0 Å². The monoisotopic (exact) mass is 533 g/mol. The van der Waals surface area contributed by atoms with Crippen molar-refractivity contribution in [3.63, 3.8) is 0 Å². The van der Waals surface area contributed by atoms with E-state index in [0.29, 0.717) is 11.3 Å². The normalized spacial score (nSPS) is 16.1. The van der Waals surface area contributed by atoms with Crippen LogP contribution in [-0.4, -0.2) is 29.5 Å². The van der Waals surface area contributed by atoms with E-state index in [1.54, 1.807) is 12.1 Å². The Kier molecular flexibility index (Phi) is 7.89. The summed E-state index contributed by atoms with van der Waals surface area (Å²) >= 11 is 0. The van der Waals surface area contributed by atoms with Gasteiger partial charge in [-0.15, -0.1) is 0 Å². The predicted octanol–water partition coefficient (Wildman–Crippen LogP) is 6.22. The van der Waals surface area contributed by atoms with E-state index in [2.05, 4.69) is 17.2 Å². The molecule has 0 fully saturated rings. The van der Waals surface area contributed by atoms with Gasteiger partial charge in [-0.2, -0.15) is 0 Å². The van der Waals surface area contributed by atoms with Gasteiger partial charge in [-0.25, -0.2) is 4.39 Å². The van der Waals surface area contributed by atoms with E-state index >= 15 is 0 Å². The molecule has 40 heavy (non-hydrogen) atoms. The number of nitrogens with zero attached hydrogens (tertiary/aromatic N) is 1. The first-order valence-electron chi connectivity index (χ1n) is 13.3. The standard InChI is InChI=1S/C34H32FN3O2/c1-21-13-14-26(19-22(21)2)29(20-39)31(24-15-17-27(35)18-16-24)34(40)38-33-23(3)36-30-12-8-7-11-28(30)32(37-33)25-9-5-4-6-10-25/h4-19,29,31,33,36,39H,3,20H2,1-2H3,(H,38,40)/t29-,31?,33+/m0/s1. The summed E-state index contributed by atoms with van der Waals surface area (Å²) < 4.78 is 13.9. The Morgan fingerprint density at radius 1 is 0.950 bits per heavy atom. The molecule has 6 heteroatoms. The molecule has 5 nitrogen and oxygen atoms in total. The molecule has 0 bridgehead atoms. The van der Waals surface area contributed by atoms with Gasteiger partial charge in [0.05, 0.1) is 23.9 Å². The minimum atomic E-state index is -0.804. The summed E-state index contributed by atoms with van der Waals surface area (Å²) in [6, 6.07) is 29.4. The largest absolute Gasteiger partial charge is 0.396 e. The van der Waals surface area contributed by atoms with Gasteiger partial charge < -0.3 is 15.7 Å². The lowest BCUT2D eigenvalue weighted by Gasteiger charge is -2.28. The molecule has 1 aliphatic rings. The molecule has 0 saturated heterocycles. The number of rotatable bonds is 7. The number of carbonyl (C=O) groups is 1. The quantitative estimate of drug-likeness (QED) is 0.264. The van der Waals surface area contributed by atoms with Gasteiger partial charge in [0.25, 0.3) is 0 Å². The van der Waals surface area contributed by atoms with Crippen LogP contribution in [0.15, 0.2) is 114 Å². The highest BCUT2D eigenvalue weighted by Crippen LogP contribution is 2.35. The number of carbonyl (C=O) groups excluding carboxylic acids is 1.